The number of nitrogens with one attached hydrogen (secondary N) is 2. The van der Waals surface area contributed by atoms with E-state index in [1.165, 1.54) is 6.92 Å². The van der Waals surface area contributed by atoms with Crippen LogP contribution in [0.3, 0.4) is 0 Å². The minimum atomic E-state index is -3.26. The van der Waals surface area contributed by atoms with Gasteiger partial charge in [0.25, 0.3) is 5.92 Å². The fourth-order valence-electron chi connectivity index (χ4n) is 0.968. The molecule has 3 N–H and O–H groups in total. The highest BCUT2D eigenvalue weighted by Gasteiger charge is 2.31. The maximum absolute atomic E-state index is 13.3. The fourth-order valence-corrected chi connectivity index (χ4v) is 0.968. The molecule has 0 bridgehead atoms. The molecule has 6 nitrogen and oxygen atoms in total. The average molecular weight is 282 g/mol. The summed E-state index contributed by atoms with van der Waals surface area (Å²) in [5.41, 5.74) is -0.768. The molecule has 0 radical (unpaired) electrons. The minimum Gasteiger partial charge on any atom is -0.480 e. The quantitative estimate of drug-likeness (QED) is 0.681. The first-order valence-corrected chi connectivity index (χ1v) is 5.74. The van der Waals surface area contributed by atoms with Crippen LogP contribution < -0.4 is 10.6 Å². The predicted octanol–water partition coefficient (Wildman–Crippen LogP) is 1.21. The molecule has 0 aliphatic heterocycles. The second kappa shape index (κ2) is 6.65. The van der Waals surface area contributed by atoms with E-state index in [2.05, 4.69) is 5.32 Å². The van der Waals surface area contributed by atoms with Crippen LogP contribution in [0.1, 0.15) is 27.7 Å². The largest absolute Gasteiger partial charge is 0.480 e. The Morgan fingerprint density at radius 1 is 1.26 bits per heavy atom. The Morgan fingerprint density at radius 2 is 1.79 bits per heavy atom. The summed E-state index contributed by atoms with van der Waals surface area (Å²) in [5.74, 6) is -4.49. The van der Waals surface area contributed by atoms with E-state index in [-0.39, 0.29) is 0 Å². The SMILES string of the molecule is CC(NCC(F)(F)CNC(=O)OC(C)(C)C)C(=O)O. The highest BCUT2D eigenvalue weighted by Crippen LogP contribution is 2.12. The lowest BCUT2D eigenvalue weighted by atomic mass is 10.2. The zero-order chi connectivity index (χ0) is 15.3. The van der Waals surface area contributed by atoms with Gasteiger partial charge in [0.1, 0.15) is 11.6 Å². The Bertz CT molecular complexity index is 329. The maximum atomic E-state index is 13.3. The first kappa shape index (κ1) is 17.6. The van der Waals surface area contributed by atoms with Crippen molar-refractivity contribution in [3.05, 3.63) is 0 Å². The number of hydrogen-bond acceptors (Lipinski definition) is 4. The van der Waals surface area contributed by atoms with Gasteiger partial charge in [-0.1, -0.05) is 0 Å². The molecule has 0 aliphatic carbocycles. The lowest BCUT2D eigenvalue weighted by Crippen LogP contribution is -2.47. The van der Waals surface area contributed by atoms with Crippen LogP contribution in [0.15, 0.2) is 0 Å². The van der Waals surface area contributed by atoms with Gasteiger partial charge < -0.3 is 15.2 Å². The van der Waals surface area contributed by atoms with Crippen LogP contribution in [0.2, 0.25) is 0 Å². The minimum absolute atomic E-state index is 0.768. The van der Waals surface area contributed by atoms with Gasteiger partial charge >= 0.3 is 12.1 Å². The molecule has 0 aliphatic rings. The summed E-state index contributed by atoms with van der Waals surface area (Å²) >= 11 is 0. The van der Waals surface area contributed by atoms with Crippen LogP contribution in [0.4, 0.5) is 13.6 Å². The Morgan fingerprint density at radius 3 is 2.21 bits per heavy atom. The van der Waals surface area contributed by atoms with E-state index in [0.717, 1.165) is 0 Å². The second-order valence-corrected chi connectivity index (χ2v) is 5.15. The highest BCUT2D eigenvalue weighted by atomic mass is 19.3. The molecule has 19 heavy (non-hydrogen) atoms. The van der Waals surface area contributed by atoms with Crippen LogP contribution in [0.25, 0.3) is 0 Å². The van der Waals surface area contributed by atoms with Crippen LogP contribution in [-0.4, -0.2) is 47.8 Å². The first-order valence-electron chi connectivity index (χ1n) is 5.74. The zero-order valence-electron chi connectivity index (χ0n) is 11.4. The van der Waals surface area contributed by atoms with E-state index in [0.29, 0.717) is 0 Å². The summed E-state index contributed by atoms with van der Waals surface area (Å²) in [5, 5.41) is 12.6. The molecule has 1 amide bonds. The second-order valence-electron chi connectivity index (χ2n) is 5.15. The van der Waals surface area contributed by atoms with Gasteiger partial charge in [-0.3, -0.25) is 10.1 Å². The number of hydrogen-bond donors (Lipinski definition) is 3. The lowest BCUT2D eigenvalue weighted by molar-refractivity contribution is -0.139. The van der Waals surface area contributed by atoms with Gasteiger partial charge in [0.15, 0.2) is 0 Å². The summed E-state index contributed by atoms with van der Waals surface area (Å²) in [6.45, 7) is 4.31. The monoisotopic (exact) mass is 282 g/mol. The van der Waals surface area contributed by atoms with Crippen molar-refractivity contribution in [2.24, 2.45) is 0 Å². The van der Waals surface area contributed by atoms with E-state index >= 15 is 0 Å². The van der Waals surface area contributed by atoms with E-state index in [9.17, 15) is 18.4 Å². The van der Waals surface area contributed by atoms with Gasteiger partial charge in [-0.2, -0.15) is 0 Å². The zero-order valence-corrected chi connectivity index (χ0v) is 11.4. The molecule has 0 saturated heterocycles. The number of carbonyl (C=O) groups is 2. The highest BCUT2D eigenvalue weighted by molar-refractivity contribution is 5.72. The molecule has 0 spiro atoms. The number of ether oxygens (including phenoxy) is 1. The summed E-state index contributed by atoms with van der Waals surface area (Å²) in [6, 6.07) is -1.09. The summed E-state index contributed by atoms with van der Waals surface area (Å²) in [4.78, 5) is 21.6. The number of rotatable bonds is 6. The number of alkyl carbamates (subject to hydrolysis) is 1. The van der Waals surface area contributed by atoms with Gasteiger partial charge in [0.05, 0.1) is 13.1 Å². The van der Waals surface area contributed by atoms with Crippen molar-refractivity contribution in [1.82, 2.24) is 10.6 Å². The normalized spacial score (nSPS) is 13.8. The van der Waals surface area contributed by atoms with E-state index in [1.54, 1.807) is 20.8 Å². The molecule has 112 valence electrons. The molecular weight excluding hydrogens is 262 g/mol. The van der Waals surface area contributed by atoms with Crippen molar-refractivity contribution in [2.45, 2.75) is 45.3 Å². The maximum Gasteiger partial charge on any atom is 0.407 e. The molecule has 0 rings (SSSR count). The molecular formula is C11H20F2N2O4. The van der Waals surface area contributed by atoms with E-state index < -0.39 is 42.7 Å². The Balaban J connectivity index is 4.09. The molecule has 0 aromatic heterocycles. The van der Waals surface area contributed by atoms with Crippen molar-refractivity contribution in [2.75, 3.05) is 13.1 Å². The molecule has 0 saturated carbocycles. The first-order chi connectivity index (χ1) is 8.43. The summed E-state index contributed by atoms with van der Waals surface area (Å²) < 4.78 is 31.4. The number of aliphatic carboxylic acids is 1. The Hall–Kier alpha value is -1.44. The molecule has 1 atom stereocenters. The number of carboxylic acids is 1. The topological polar surface area (TPSA) is 87.7 Å². The van der Waals surface area contributed by atoms with Gasteiger partial charge in [-0.15, -0.1) is 0 Å². The summed E-state index contributed by atoms with van der Waals surface area (Å²) in [7, 11) is 0. The predicted molar refractivity (Wildman–Crippen MR) is 64.3 cm³/mol. The van der Waals surface area contributed by atoms with Crippen molar-refractivity contribution in [3.8, 4) is 0 Å². The Labute approximate surface area is 110 Å². The van der Waals surface area contributed by atoms with Crippen LogP contribution in [0.5, 0.6) is 0 Å². The van der Waals surface area contributed by atoms with Crippen LogP contribution >= 0.6 is 0 Å². The number of halogens is 2. The van der Waals surface area contributed by atoms with Crippen molar-refractivity contribution in [1.29, 1.82) is 0 Å². The fraction of sp³-hybridized carbons (Fsp3) is 0.818. The number of amides is 1. The average Bonchev–Trinajstić information content (AvgIpc) is 2.21. The molecule has 1 unspecified atom stereocenters. The third-order valence-corrected chi connectivity index (χ3v) is 1.93. The van der Waals surface area contributed by atoms with Crippen molar-refractivity contribution in [3.63, 3.8) is 0 Å². The van der Waals surface area contributed by atoms with Gasteiger partial charge in [-0.25, -0.2) is 13.6 Å². The van der Waals surface area contributed by atoms with Gasteiger partial charge in [0, 0.05) is 0 Å². The van der Waals surface area contributed by atoms with Gasteiger partial charge in [0.2, 0.25) is 0 Å². The third kappa shape index (κ3) is 9.18. The molecule has 8 heteroatoms. The van der Waals surface area contributed by atoms with Gasteiger partial charge in [-0.05, 0) is 27.7 Å². The molecule has 0 aromatic rings. The van der Waals surface area contributed by atoms with Crippen molar-refractivity contribution >= 4 is 12.1 Å². The summed E-state index contributed by atoms with van der Waals surface area (Å²) in [6.07, 6.45) is -0.946. The number of alkyl halides is 2. The van der Waals surface area contributed by atoms with E-state index in [1.807, 2.05) is 5.32 Å². The molecule has 0 aromatic carbocycles. The molecule has 0 heterocycles. The van der Waals surface area contributed by atoms with Crippen molar-refractivity contribution < 1.29 is 28.2 Å². The van der Waals surface area contributed by atoms with Crippen LogP contribution in [-0.2, 0) is 9.53 Å². The lowest BCUT2D eigenvalue weighted by Gasteiger charge is -2.22. The number of carboxylic acid groups (broad SMARTS) is 1. The van der Waals surface area contributed by atoms with E-state index in [4.69, 9.17) is 9.84 Å². The standard InChI is InChI=1S/C11H20F2N2O4/c1-7(8(16)17)14-5-11(12,13)6-15-9(18)19-10(2,3)4/h7,14H,5-6H2,1-4H3,(H,15,18)(H,16,17). The molecule has 0 fully saturated rings. The van der Waals surface area contributed by atoms with Crippen LogP contribution in [0, 0.1) is 0 Å². The third-order valence-electron chi connectivity index (χ3n) is 1.93. The smallest absolute Gasteiger partial charge is 0.407 e. The Kier molecular flexibility index (Phi) is 6.14. The number of carbonyl (C=O) groups excluding carboxylic acids is 1.